The summed E-state index contributed by atoms with van der Waals surface area (Å²) in [4.78, 5) is 14.2. The summed E-state index contributed by atoms with van der Waals surface area (Å²) >= 11 is 0. The Morgan fingerprint density at radius 1 is 1.21 bits per heavy atom. The molecule has 0 unspecified atom stereocenters. The third-order valence-corrected chi connectivity index (χ3v) is 7.07. The van der Waals surface area contributed by atoms with Crippen molar-refractivity contribution >= 4 is 6.09 Å². The van der Waals surface area contributed by atoms with Crippen molar-refractivity contribution in [2.45, 2.75) is 56.6 Å². The molecule has 2 aromatic rings. The molecule has 5 rings (SSSR count). The van der Waals surface area contributed by atoms with E-state index in [2.05, 4.69) is 0 Å². The monoisotopic (exact) mass is 477 g/mol. The maximum atomic E-state index is 13.5. The molecule has 0 spiro atoms. The molecule has 180 valence electrons. The molecule has 3 aliphatic heterocycles. The SMILES string of the molecule is C[C@]12C[C@H](OC(=O)N3CCCC3)[C@](C)(O1)c1c2c(O)n(-c2ccc(C#N)c(C(F)(F)F)c2)c1O. The van der Waals surface area contributed by atoms with Gasteiger partial charge in [-0.3, -0.25) is 4.57 Å². The van der Waals surface area contributed by atoms with E-state index in [4.69, 9.17) is 14.7 Å². The van der Waals surface area contributed by atoms with Gasteiger partial charge in [0.05, 0.1) is 34.0 Å². The first kappa shape index (κ1) is 22.4. The van der Waals surface area contributed by atoms with E-state index in [1.54, 1.807) is 18.7 Å². The Bertz CT molecular complexity index is 1240. The fourth-order valence-electron chi connectivity index (χ4n) is 5.51. The zero-order chi connectivity index (χ0) is 24.6. The third-order valence-electron chi connectivity index (χ3n) is 7.07. The summed E-state index contributed by atoms with van der Waals surface area (Å²) in [5.74, 6) is -0.987. The average Bonchev–Trinajstić information content (AvgIpc) is 3.48. The molecule has 0 saturated carbocycles. The molecule has 0 aliphatic carbocycles. The number of likely N-dealkylation sites (tertiary alicyclic amines) is 1. The molecule has 11 heteroatoms. The minimum atomic E-state index is -4.81. The fraction of sp³-hybridized carbons (Fsp3) is 0.478. The molecule has 2 N–H and O–H groups in total. The van der Waals surface area contributed by atoms with Gasteiger partial charge in [0.15, 0.2) is 0 Å². The van der Waals surface area contributed by atoms with Crippen LogP contribution in [0.5, 0.6) is 11.8 Å². The van der Waals surface area contributed by atoms with Crippen molar-refractivity contribution in [2.24, 2.45) is 0 Å². The molecule has 1 aromatic heterocycles. The van der Waals surface area contributed by atoms with Gasteiger partial charge in [-0.1, -0.05) is 0 Å². The Morgan fingerprint density at radius 3 is 2.47 bits per heavy atom. The molecule has 0 radical (unpaired) electrons. The van der Waals surface area contributed by atoms with Gasteiger partial charge in [-0.2, -0.15) is 18.4 Å². The maximum Gasteiger partial charge on any atom is 0.417 e. The number of amides is 1. The largest absolute Gasteiger partial charge is 0.494 e. The van der Waals surface area contributed by atoms with Crippen LogP contribution in [0.4, 0.5) is 18.0 Å². The number of hydrogen-bond donors (Lipinski definition) is 2. The lowest BCUT2D eigenvalue weighted by Gasteiger charge is -2.30. The second kappa shape index (κ2) is 7.06. The number of alkyl halides is 3. The highest BCUT2D eigenvalue weighted by molar-refractivity contribution is 5.69. The topological polar surface area (TPSA) is 108 Å². The van der Waals surface area contributed by atoms with Crippen LogP contribution in [-0.2, 0) is 26.9 Å². The summed E-state index contributed by atoms with van der Waals surface area (Å²) in [6.07, 6.45) is -4.10. The van der Waals surface area contributed by atoms with Gasteiger partial charge in [-0.05, 0) is 44.9 Å². The van der Waals surface area contributed by atoms with Crippen LogP contribution in [0.2, 0.25) is 0 Å². The Morgan fingerprint density at radius 2 is 1.85 bits per heavy atom. The van der Waals surface area contributed by atoms with Gasteiger partial charge in [-0.25, -0.2) is 4.79 Å². The molecule has 2 bridgehead atoms. The molecule has 1 aromatic carbocycles. The lowest BCUT2D eigenvalue weighted by molar-refractivity contribution is -0.137. The highest BCUT2D eigenvalue weighted by Crippen LogP contribution is 2.65. The predicted octanol–water partition coefficient (Wildman–Crippen LogP) is 4.24. The normalized spacial score (nSPS) is 27.6. The second-order valence-electron chi connectivity index (χ2n) is 9.28. The van der Waals surface area contributed by atoms with E-state index in [1.165, 1.54) is 12.1 Å². The van der Waals surface area contributed by atoms with Gasteiger partial charge in [0, 0.05) is 19.5 Å². The smallest absolute Gasteiger partial charge is 0.417 e. The van der Waals surface area contributed by atoms with Crippen molar-refractivity contribution in [3.05, 3.63) is 40.5 Å². The number of halogens is 3. The van der Waals surface area contributed by atoms with Crippen LogP contribution in [0, 0.1) is 11.3 Å². The van der Waals surface area contributed by atoms with E-state index < -0.39 is 52.5 Å². The average molecular weight is 477 g/mol. The van der Waals surface area contributed by atoms with Gasteiger partial charge in [0.25, 0.3) is 0 Å². The Kier molecular flexibility index (Phi) is 4.65. The van der Waals surface area contributed by atoms with Gasteiger partial charge < -0.3 is 24.6 Å². The van der Waals surface area contributed by atoms with Crippen molar-refractivity contribution in [2.75, 3.05) is 13.1 Å². The Balaban J connectivity index is 1.58. The molecule has 4 heterocycles. The summed E-state index contributed by atoms with van der Waals surface area (Å²) in [6.45, 7) is 4.47. The minimum absolute atomic E-state index is 0.163. The van der Waals surface area contributed by atoms with Gasteiger partial charge in [-0.15, -0.1) is 0 Å². The van der Waals surface area contributed by atoms with Gasteiger partial charge in [0.1, 0.15) is 17.3 Å². The number of aromatic nitrogens is 1. The number of aromatic hydroxyl groups is 2. The van der Waals surface area contributed by atoms with Gasteiger partial charge in [0.2, 0.25) is 11.8 Å². The quantitative estimate of drug-likeness (QED) is 0.670. The maximum absolute atomic E-state index is 13.5. The van der Waals surface area contributed by atoms with E-state index in [0.29, 0.717) is 19.2 Å². The molecule has 3 atom stereocenters. The zero-order valence-corrected chi connectivity index (χ0v) is 18.4. The lowest BCUT2D eigenvalue weighted by Crippen LogP contribution is -2.40. The van der Waals surface area contributed by atoms with E-state index in [-0.39, 0.29) is 23.2 Å². The first-order valence-electron chi connectivity index (χ1n) is 10.9. The van der Waals surface area contributed by atoms with Crippen LogP contribution >= 0.6 is 0 Å². The molecule has 1 amide bonds. The molecule has 2 saturated heterocycles. The van der Waals surface area contributed by atoms with Crippen molar-refractivity contribution in [1.29, 1.82) is 5.26 Å². The number of nitriles is 1. The van der Waals surface area contributed by atoms with E-state index in [1.807, 2.05) is 0 Å². The van der Waals surface area contributed by atoms with Crippen molar-refractivity contribution < 1.29 is 37.7 Å². The van der Waals surface area contributed by atoms with Crippen molar-refractivity contribution in [3.8, 4) is 23.5 Å². The first-order chi connectivity index (χ1) is 15.9. The van der Waals surface area contributed by atoms with Crippen LogP contribution in [0.1, 0.15) is 55.4 Å². The molecule has 2 fully saturated rings. The molecular weight excluding hydrogens is 455 g/mol. The summed E-state index contributed by atoms with van der Waals surface area (Å²) in [5.41, 5.74) is -3.99. The Hall–Kier alpha value is -3.39. The number of fused-ring (bicyclic) bond motifs is 5. The number of hydrogen-bond acceptors (Lipinski definition) is 6. The molecule has 3 aliphatic rings. The fourth-order valence-corrected chi connectivity index (χ4v) is 5.51. The third kappa shape index (κ3) is 2.98. The molecular formula is C23H22F3N3O5. The molecule has 8 nitrogen and oxygen atoms in total. The van der Waals surface area contributed by atoms with Gasteiger partial charge >= 0.3 is 12.3 Å². The first-order valence-corrected chi connectivity index (χ1v) is 10.9. The number of carbonyl (C=O) groups excluding carboxylic acids is 1. The highest BCUT2D eigenvalue weighted by Gasteiger charge is 2.66. The predicted molar refractivity (Wildman–Crippen MR) is 110 cm³/mol. The molecule has 34 heavy (non-hydrogen) atoms. The standard InChI is InChI=1S/C23H22F3N3O5/c1-21-10-15(33-20(32)28-7-3-4-8-28)22(2,34-21)17-16(21)18(30)29(19(17)31)13-6-5-12(11-27)14(9-13)23(24,25)26/h5-6,9,15,30-31H,3-4,7-8,10H2,1-2H3/t15-,21+,22-/m0/s1. The van der Waals surface area contributed by atoms with E-state index >= 15 is 0 Å². The number of rotatable bonds is 2. The van der Waals surface area contributed by atoms with Crippen LogP contribution in [0.15, 0.2) is 18.2 Å². The summed E-state index contributed by atoms with van der Waals surface area (Å²) in [6, 6.07) is 4.40. The second-order valence-corrected chi connectivity index (χ2v) is 9.28. The number of nitrogens with zero attached hydrogens (tertiary/aromatic N) is 3. The minimum Gasteiger partial charge on any atom is -0.494 e. The van der Waals surface area contributed by atoms with Crippen LogP contribution in [-0.4, -0.2) is 45.0 Å². The van der Waals surface area contributed by atoms with Crippen LogP contribution < -0.4 is 0 Å². The zero-order valence-electron chi connectivity index (χ0n) is 18.4. The van der Waals surface area contributed by atoms with Crippen LogP contribution in [0.3, 0.4) is 0 Å². The highest BCUT2D eigenvalue weighted by atomic mass is 19.4. The number of benzene rings is 1. The number of carbonyl (C=O) groups is 1. The van der Waals surface area contributed by atoms with E-state index in [0.717, 1.165) is 23.5 Å². The van der Waals surface area contributed by atoms with Crippen molar-refractivity contribution in [1.82, 2.24) is 9.47 Å². The van der Waals surface area contributed by atoms with E-state index in [9.17, 15) is 28.2 Å². The summed E-state index contributed by atoms with van der Waals surface area (Å²) < 4.78 is 53.3. The van der Waals surface area contributed by atoms with Crippen molar-refractivity contribution in [3.63, 3.8) is 0 Å². The summed E-state index contributed by atoms with van der Waals surface area (Å²) in [5, 5.41) is 31.2. The van der Waals surface area contributed by atoms with Crippen LogP contribution in [0.25, 0.3) is 5.69 Å². The Labute approximate surface area is 192 Å². The number of ether oxygens (including phenoxy) is 2. The lowest BCUT2D eigenvalue weighted by atomic mass is 9.78. The summed E-state index contributed by atoms with van der Waals surface area (Å²) in [7, 11) is 0.